The van der Waals surface area contributed by atoms with Gasteiger partial charge >= 0.3 is 0 Å². The van der Waals surface area contributed by atoms with E-state index in [1.807, 2.05) is 0 Å². The van der Waals surface area contributed by atoms with E-state index in [1.54, 1.807) is 0 Å². The summed E-state index contributed by atoms with van der Waals surface area (Å²) in [5, 5.41) is 2.47. The summed E-state index contributed by atoms with van der Waals surface area (Å²) in [6.07, 6.45) is 2.37. The van der Waals surface area contributed by atoms with Crippen molar-refractivity contribution >= 4 is 43.5 Å². The van der Waals surface area contributed by atoms with Crippen LogP contribution >= 0.6 is 15.9 Å². The van der Waals surface area contributed by atoms with Gasteiger partial charge in [-0.3, -0.25) is 4.79 Å². The molecule has 2 aliphatic carbocycles. The smallest absolute Gasteiger partial charge is 0.164 e. The third kappa shape index (κ3) is 1.67. The molecular formula is C22H14BrNO. The fourth-order valence-electron chi connectivity index (χ4n) is 4.76. The molecule has 1 heterocycles. The summed E-state index contributed by atoms with van der Waals surface area (Å²) in [6, 6.07) is 14.9. The van der Waals surface area contributed by atoms with E-state index in [-0.39, 0.29) is 0 Å². The van der Waals surface area contributed by atoms with Gasteiger partial charge in [0, 0.05) is 39.2 Å². The van der Waals surface area contributed by atoms with E-state index in [4.69, 9.17) is 0 Å². The summed E-state index contributed by atoms with van der Waals surface area (Å²) >= 11 is 3.60. The topological polar surface area (TPSA) is 32.9 Å². The molecule has 1 aromatic heterocycles. The number of ketones is 1. The maximum absolute atomic E-state index is 12.8. The van der Waals surface area contributed by atoms with Crippen molar-refractivity contribution in [2.45, 2.75) is 19.3 Å². The van der Waals surface area contributed by atoms with Gasteiger partial charge in [-0.05, 0) is 52.4 Å². The molecule has 0 aliphatic heterocycles. The third-order valence-corrected chi connectivity index (χ3v) is 6.25. The van der Waals surface area contributed by atoms with Crippen molar-refractivity contribution in [3.63, 3.8) is 0 Å². The lowest BCUT2D eigenvalue weighted by Gasteiger charge is -2.10. The molecule has 1 N–H and O–H groups in total. The number of rotatable bonds is 0. The normalized spacial score (nSPS) is 15.0. The van der Waals surface area contributed by atoms with E-state index in [1.165, 1.54) is 44.1 Å². The highest BCUT2D eigenvalue weighted by Gasteiger charge is 2.34. The molecule has 0 spiro atoms. The Hall–Kier alpha value is -2.39. The number of aryl methyl sites for hydroxylation is 1. The molecule has 0 unspecified atom stereocenters. The molecule has 2 aliphatic rings. The van der Waals surface area contributed by atoms with Crippen molar-refractivity contribution in [1.29, 1.82) is 0 Å². The Balaban J connectivity index is 1.87. The molecule has 3 heteroatoms. The number of nitrogens with one attached hydrogen (secondary N) is 1. The van der Waals surface area contributed by atoms with Gasteiger partial charge in [0.2, 0.25) is 0 Å². The Bertz CT molecular complexity index is 1250. The van der Waals surface area contributed by atoms with E-state index in [0.29, 0.717) is 12.2 Å². The van der Waals surface area contributed by atoms with Gasteiger partial charge in [-0.1, -0.05) is 40.2 Å². The number of Topliss-reactive ketones (excluding diaryl/α,β-unsaturated/α-hetero) is 1. The van der Waals surface area contributed by atoms with E-state index >= 15 is 0 Å². The highest BCUT2D eigenvalue weighted by atomic mass is 79.9. The quantitative estimate of drug-likeness (QED) is 0.358. The second kappa shape index (κ2) is 4.61. The number of benzene rings is 3. The van der Waals surface area contributed by atoms with Crippen molar-refractivity contribution in [3.8, 4) is 11.1 Å². The highest BCUT2D eigenvalue weighted by Crippen LogP contribution is 2.48. The molecule has 0 radical (unpaired) electrons. The van der Waals surface area contributed by atoms with Gasteiger partial charge in [0.15, 0.2) is 5.78 Å². The average Bonchev–Trinajstić information content (AvgIpc) is 3.27. The Morgan fingerprint density at radius 3 is 2.76 bits per heavy atom. The van der Waals surface area contributed by atoms with Gasteiger partial charge in [0.1, 0.15) is 0 Å². The zero-order chi connectivity index (χ0) is 16.7. The minimum absolute atomic E-state index is 0.300. The van der Waals surface area contributed by atoms with Crippen LogP contribution < -0.4 is 0 Å². The fraction of sp³-hybridized carbons (Fsp3) is 0.136. The first kappa shape index (κ1) is 13.9. The van der Waals surface area contributed by atoms with Crippen LogP contribution in [0.4, 0.5) is 0 Å². The van der Waals surface area contributed by atoms with Crippen molar-refractivity contribution in [2.24, 2.45) is 0 Å². The average molecular weight is 388 g/mol. The Labute approximate surface area is 153 Å². The van der Waals surface area contributed by atoms with Gasteiger partial charge < -0.3 is 4.98 Å². The number of hydrogen-bond donors (Lipinski definition) is 1. The van der Waals surface area contributed by atoms with Crippen LogP contribution in [0.15, 0.2) is 46.9 Å². The molecule has 0 atom stereocenters. The molecule has 0 saturated heterocycles. The first-order valence-electron chi connectivity index (χ1n) is 8.62. The number of aromatic nitrogens is 1. The summed E-state index contributed by atoms with van der Waals surface area (Å²) in [5.41, 5.74) is 9.62. The van der Waals surface area contributed by atoms with Crippen molar-refractivity contribution in [2.75, 3.05) is 0 Å². The lowest BCUT2D eigenvalue weighted by atomic mass is 9.92. The van der Waals surface area contributed by atoms with E-state index in [2.05, 4.69) is 63.4 Å². The molecule has 0 amide bonds. The molecular weight excluding hydrogens is 374 g/mol. The van der Waals surface area contributed by atoms with Crippen LogP contribution in [0.5, 0.6) is 0 Å². The predicted octanol–water partition coefficient (Wildman–Crippen LogP) is 5.78. The largest absolute Gasteiger partial charge is 0.354 e. The van der Waals surface area contributed by atoms with Gasteiger partial charge in [0.25, 0.3) is 0 Å². The molecule has 4 aromatic rings. The molecule has 2 nitrogen and oxygen atoms in total. The van der Waals surface area contributed by atoms with Crippen molar-refractivity contribution < 1.29 is 4.79 Å². The minimum atomic E-state index is 0.300. The molecule has 0 saturated carbocycles. The van der Waals surface area contributed by atoms with Gasteiger partial charge in [-0.2, -0.15) is 0 Å². The number of aromatic amines is 1. The summed E-state index contributed by atoms with van der Waals surface area (Å²) in [6.45, 7) is 0. The number of carbonyl (C=O) groups is 1. The first-order chi connectivity index (χ1) is 12.2. The zero-order valence-electron chi connectivity index (χ0n) is 13.4. The van der Waals surface area contributed by atoms with Crippen LogP contribution in [0.1, 0.15) is 33.5 Å². The fourth-order valence-corrected chi connectivity index (χ4v) is 5.12. The Morgan fingerprint density at radius 2 is 1.84 bits per heavy atom. The number of carbonyl (C=O) groups excluding carboxylic acids is 1. The van der Waals surface area contributed by atoms with Crippen LogP contribution in [0.2, 0.25) is 0 Å². The summed E-state index contributed by atoms with van der Waals surface area (Å²) in [5.74, 6) is 0.300. The molecule has 3 aromatic carbocycles. The standard InChI is InChI=1S/C22H14BrNO/c23-12-5-7-17-15(10-12)20-14-6-8-18(25)21(14)19-13-4-2-1-3-11(13)9-16(19)22(20)24-17/h1-5,7,10,24H,6,8-9H2. The lowest BCUT2D eigenvalue weighted by molar-refractivity contribution is 0.0995. The minimum Gasteiger partial charge on any atom is -0.354 e. The maximum atomic E-state index is 12.8. The second-order valence-electron chi connectivity index (χ2n) is 7.03. The van der Waals surface area contributed by atoms with Crippen LogP contribution in [0.25, 0.3) is 32.9 Å². The summed E-state index contributed by atoms with van der Waals surface area (Å²) < 4.78 is 1.07. The first-order valence-corrected chi connectivity index (χ1v) is 9.42. The molecule has 0 bridgehead atoms. The number of fused-ring (bicyclic) bond motifs is 10. The number of H-pyrrole nitrogens is 1. The maximum Gasteiger partial charge on any atom is 0.164 e. The summed E-state index contributed by atoms with van der Waals surface area (Å²) in [7, 11) is 0. The molecule has 120 valence electrons. The lowest BCUT2D eigenvalue weighted by Crippen LogP contribution is -1.98. The SMILES string of the molecule is O=C1CCc2c1c1c(c3[nH]c4ccc(Br)cc4c23)Cc2ccccc2-1. The summed E-state index contributed by atoms with van der Waals surface area (Å²) in [4.78, 5) is 16.4. The van der Waals surface area contributed by atoms with Crippen LogP contribution in [-0.4, -0.2) is 10.8 Å². The third-order valence-electron chi connectivity index (χ3n) is 5.75. The van der Waals surface area contributed by atoms with Crippen LogP contribution in [0, 0.1) is 0 Å². The van der Waals surface area contributed by atoms with Crippen molar-refractivity contribution in [1.82, 2.24) is 4.98 Å². The van der Waals surface area contributed by atoms with E-state index < -0.39 is 0 Å². The van der Waals surface area contributed by atoms with Crippen molar-refractivity contribution in [3.05, 3.63) is 69.2 Å². The predicted molar refractivity (Wildman–Crippen MR) is 104 cm³/mol. The monoisotopic (exact) mass is 387 g/mol. The van der Waals surface area contributed by atoms with Gasteiger partial charge in [-0.15, -0.1) is 0 Å². The Kier molecular flexibility index (Phi) is 2.56. The molecule has 25 heavy (non-hydrogen) atoms. The Morgan fingerprint density at radius 1 is 0.960 bits per heavy atom. The number of halogens is 1. The second-order valence-corrected chi connectivity index (χ2v) is 7.94. The zero-order valence-corrected chi connectivity index (χ0v) is 15.0. The van der Waals surface area contributed by atoms with Crippen LogP contribution in [-0.2, 0) is 12.8 Å². The van der Waals surface area contributed by atoms with Gasteiger partial charge in [-0.25, -0.2) is 0 Å². The van der Waals surface area contributed by atoms with E-state index in [0.717, 1.165) is 28.4 Å². The highest BCUT2D eigenvalue weighted by molar-refractivity contribution is 9.10. The van der Waals surface area contributed by atoms with Crippen LogP contribution in [0.3, 0.4) is 0 Å². The number of hydrogen-bond acceptors (Lipinski definition) is 1. The molecule has 0 fully saturated rings. The van der Waals surface area contributed by atoms with Gasteiger partial charge in [0.05, 0.1) is 5.52 Å². The van der Waals surface area contributed by atoms with E-state index in [9.17, 15) is 4.79 Å². The molecule has 6 rings (SSSR count).